The zero-order chi connectivity index (χ0) is 17.1. The number of carbonyl (C=O) groups excluding carboxylic acids is 2. The number of nitrogens with zero attached hydrogens (tertiary/aromatic N) is 1. The number of Topliss-reactive ketones (excluding diaryl/α,β-unsaturated/α-hetero) is 1. The summed E-state index contributed by atoms with van der Waals surface area (Å²) in [6, 6.07) is 13.0. The van der Waals surface area contributed by atoms with Crippen LogP contribution in [0.15, 0.2) is 42.5 Å². The summed E-state index contributed by atoms with van der Waals surface area (Å²) in [7, 11) is 1.61. The molecular formula is C20H21NO3. The Morgan fingerprint density at radius 3 is 2.38 bits per heavy atom. The maximum Gasteiger partial charge on any atom is 0.254 e. The molecule has 2 aromatic carbocycles. The van der Waals surface area contributed by atoms with Gasteiger partial charge in [0.15, 0.2) is 5.78 Å². The molecule has 1 amide bonds. The molecule has 0 unspecified atom stereocenters. The lowest BCUT2D eigenvalue weighted by atomic mass is 9.99. The first-order valence-electron chi connectivity index (χ1n) is 8.14. The summed E-state index contributed by atoms with van der Waals surface area (Å²) in [4.78, 5) is 26.2. The van der Waals surface area contributed by atoms with Crippen molar-refractivity contribution in [3.8, 4) is 5.75 Å². The maximum atomic E-state index is 12.8. The molecule has 1 aliphatic rings. The van der Waals surface area contributed by atoms with Crippen molar-refractivity contribution in [1.29, 1.82) is 0 Å². The number of rotatable bonds is 3. The summed E-state index contributed by atoms with van der Waals surface area (Å²) in [5.41, 5.74) is 3.70. The zero-order valence-corrected chi connectivity index (χ0v) is 14.0. The van der Waals surface area contributed by atoms with Gasteiger partial charge in [0.1, 0.15) is 5.75 Å². The highest BCUT2D eigenvalue weighted by Crippen LogP contribution is 2.22. The highest BCUT2D eigenvalue weighted by atomic mass is 16.5. The molecule has 0 radical (unpaired) electrons. The third kappa shape index (κ3) is 3.32. The molecule has 1 heterocycles. The van der Waals surface area contributed by atoms with Gasteiger partial charge in [0, 0.05) is 24.2 Å². The van der Waals surface area contributed by atoms with Crippen LogP contribution in [0, 0.1) is 0 Å². The minimum Gasteiger partial charge on any atom is -0.497 e. The van der Waals surface area contributed by atoms with E-state index in [1.54, 1.807) is 38.3 Å². The first kappa shape index (κ1) is 16.2. The number of carbonyl (C=O) groups is 2. The number of benzene rings is 2. The average molecular weight is 323 g/mol. The third-order valence-corrected chi connectivity index (χ3v) is 4.47. The monoisotopic (exact) mass is 323 g/mol. The van der Waals surface area contributed by atoms with E-state index in [1.807, 2.05) is 23.1 Å². The quantitative estimate of drug-likeness (QED) is 0.812. The molecule has 4 heteroatoms. The molecule has 0 atom stereocenters. The molecule has 0 spiro atoms. The van der Waals surface area contributed by atoms with Gasteiger partial charge in [0.05, 0.1) is 7.11 Å². The van der Waals surface area contributed by atoms with Crippen molar-refractivity contribution in [2.75, 3.05) is 13.7 Å². The minimum absolute atomic E-state index is 0.0288. The van der Waals surface area contributed by atoms with Gasteiger partial charge in [-0.1, -0.05) is 12.1 Å². The van der Waals surface area contributed by atoms with E-state index in [-0.39, 0.29) is 11.7 Å². The van der Waals surface area contributed by atoms with E-state index < -0.39 is 0 Å². The van der Waals surface area contributed by atoms with E-state index in [2.05, 4.69) is 0 Å². The summed E-state index contributed by atoms with van der Waals surface area (Å²) in [5.74, 6) is 0.846. The molecular weight excluding hydrogens is 302 g/mol. The van der Waals surface area contributed by atoms with Crippen LogP contribution in [0.2, 0.25) is 0 Å². The smallest absolute Gasteiger partial charge is 0.254 e. The van der Waals surface area contributed by atoms with Crippen molar-refractivity contribution in [2.24, 2.45) is 0 Å². The molecule has 2 aromatic rings. The van der Waals surface area contributed by atoms with Crippen LogP contribution < -0.4 is 4.74 Å². The van der Waals surface area contributed by atoms with Crippen molar-refractivity contribution < 1.29 is 14.3 Å². The van der Waals surface area contributed by atoms with Gasteiger partial charge in [0.25, 0.3) is 5.91 Å². The van der Waals surface area contributed by atoms with Crippen LogP contribution in [0.3, 0.4) is 0 Å². The SMILES string of the molecule is COc1ccc(C(=O)N2CCCc3cc(C(C)=O)ccc3C2)cc1. The van der Waals surface area contributed by atoms with Crippen molar-refractivity contribution in [1.82, 2.24) is 4.90 Å². The van der Waals surface area contributed by atoms with Crippen LogP contribution >= 0.6 is 0 Å². The topological polar surface area (TPSA) is 46.6 Å². The van der Waals surface area contributed by atoms with E-state index in [9.17, 15) is 9.59 Å². The second-order valence-corrected chi connectivity index (χ2v) is 6.10. The lowest BCUT2D eigenvalue weighted by Gasteiger charge is -2.21. The summed E-state index contributed by atoms with van der Waals surface area (Å²) in [6.07, 6.45) is 1.79. The molecule has 0 aromatic heterocycles. The number of hydrogen-bond acceptors (Lipinski definition) is 3. The van der Waals surface area contributed by atoms with Gasteiger partial charge in [-0.05, 0) is 61.2 Å². The van der Waals surface area contributed by atoms with E-state index >= 15 is 0 Å². The van der Waals surface area contributed by atoms with Crippen molar-refractivity contribution in [3.63, 3.8) is 0 Å². The number of amides is 1. The molecule has 24 heavy (non-hydrogen) atoms. The van der Waals surface area contributed by atoms with Crippen molar-refractivity contribution in [3.05, 3.63) is 64.7 Å². The van der Waals surface area contributed by atoms with Gasteiger partial charge >= 0.3 is 0 Å². The van der Waals surface area contributed by atoms with Crippen LogP contribution in [0.1, 0.15) is 45.2 Å². The number of fused-ring (bicyclic) bond motifs is 1. The Labute approximate surface area is 142 Å². The maximum absolute atomic E-state index is 12.8. The van der Waals surface area contributed by atoms with Gasteiger partial charge in [-0.2, -0.15) is 0 Å². The Hall–Kier alpha value is -2.62. The lowest BCUT2D eigenvalue weighted by Crippen LogP contribution is -2.30. The first-order valence-corrected chi connectivity index (χ1v) is 8.14. The molecule has 1 aliphatic heterocycles. The second kappa shape index (κ2) is 6.87. The summed E-state index contributed by atoms with van der Waals surface area (Å²) < 4.78 is 5.14. The van der Waals surface area contributed by atoms with Crippen LogP contribution in [0.5, 0.6) is 5.75 Å². The van der Waals surface area contributed by atoms with Crippen LogP contribution in [-0.2, 0) is 13.0 Å². The van der Waals surface area contributed by atoms with Gasteiger partial charge < -0.3 is 9.64 Å². The lowest BCUT2D eigenvalue weighted by molar-refractivity contribution is 0.0745. The predicted octanol–water partition coefficient (Wildman–Crippen LogP) is 3.49. The predicted molar refractivity (Wildman–Crippen MR) is 92.5 cm³/mol. The largest absolute Gasteiger partial charge is 0.497 e. The average Bonchev–Trinajstić information content (AvgIpc) is 2.82. The standard InChI is InChI=1S/C20H21NO3/c1-14(22)16-5-6-18-13-21(11-3-4-17(18)12-16)20(23)15-7-9-19(24-2)10-8-15/h5-10,12H,3-4,11,13H2,1-2H3. The fourth-order valence-corrected chi connectivity index (χ4v) is 3.07. The first-order chi connectivity index (χ1) is 11.6. The molecule has 0 saturated carbocycles. The Kier molecular flexibility index (Phi) is 4.65. The van der Waals surface area contributed by atoms with Crippen molar-refractivity contribution in [2.45, 2.75) is 26.3 Å². The zero-order valence-electron chi connectivity index (χ0n) is 14.0. The Morgan fingerprint density at radius 2 is 1.71 bits per heavy atom. The number of hydrogen-bond donors (Lipinski definition) is 0. The normalized spacial score (nSPS) is 13.8. The number of ether oxygens (including phenoxy) is 1. The van der Waals surface area contributed by atoms with E-state index in [1.165, 1.54) is 5.56 Å². The van der Waals surface area contributed by atoms with E-state index in [0.717, 1.165) is 36.3 Å². The van der Waals surface area contributed by atoms with Gasteiger partial charge in [-0.25, -0.2) is 0 Å². The Bertz CT molecular complexity index is 765. The Morgan fingerprint density at radius 1 is 1.00 bits per heavy atom. The van der Waals surface area contributed by atoms with Crippen LogP contribution in [0.4, 0.5) is 0 Å². The molecule has 3 rings (SSSR count). The molecule has 0 fully saturated rings. The number of ketones is 1. The molecule has 0 saturated heterocycles. The minimum atomic E-state index is 0.0288. The van der Waals surface area contributed by atoms with E-state index in [0.29, 0.717) is 12.1 Å². The van der Waals surface area contributed by atoms with E-state index in [4.69, 9.17) is 4.74 Å². The highest BCUT2D eigenvalue weighted by molar-refractivity contribution is 5.95. The number of aryl methyl sites for hydroxylation is 1. The summed E-state index contributed by atoms with van der Waals surface area (Å²) >= 11 is 0. The Balaban J connectivity index is 1.82. The van der Waals surface area contributed by atoms with Crippen molar-refractivity contribution >= 4 is 11.7 Å². The van der Waals surface area contributed by atoms with Crippen LogP contribution in [0.25, 0.3) is 0 Å². The van der Waals surface area contributed by atoms with Crippen LogP contribution in [-0.4, -0.2) is 30.2 Å². The number of methoxy groups -OCH3 is 1. The summed E-state index contributed by atoms with van der Waals surface area (Å²) in [6.45, 7) is 2.88. The fourth-order valence-electron chi connectivity index (χ4n) is 3.07. The third-order valence-electron chi connectivity index (χ3n) is 4.47. The molecule has 124 valence electrons. The fraction of sp³-hybridized carbons (Fsp3) is 0.300. The highest BCUT2D eigenvalue weighted by Gasteiger charge is 2.20. The summed E-state index contributed by atoms with van der Waals surface area (Å²) in [5, 5.41) is 0. The molecule has 0 N–H and O–H groups in total. The second-order valence-electron chi connectivity index (χ2n) is 6.10. The van der Waals surface area contributed by atoms with Gasteiger partial charge in [-0.3, -0.25) is 9.59 Å². The molecule has 4 nitrogen and oxygen atoms in total. The van der Waals surface area contributed by atoms with Gasteiger partial charge in [-0.15, -0.1) is 0 Å². The molecule has 0 bridgehead atoms. The van der Waals surface area contributed by atoms with Gasteiger partial charge in [0.2, 0.25) is 0 Å². The molecule has 0 aliphatic carbocycles.